The van der Waals surface area contributed by atoms with Crippen molar-refractivity contribution in [1.82, 2.24) is 5.32 Å². The number of carbonyl (C=O) groups is 2. The first-order valence-electron chi connectivity index (χ1n) is 7.41. The van der Waals surface area contributed by atoms with E-state index in [1.165, 1.54) is 17.3 Å². The molecule has 6 heteroatoms. The van der Waals surface area contributed by atoms with Gasteiger partial charge < -0.3 is 9.73 Å². The number of Topliss-reactive ketones (excluding diaryl/α,β-unsaturated/α-hetero) is 1. The Bertz CT molecular complexity index is 825. The van der Waals surface area contributed by atoms with Gasteiger partial charge in [-0.15, -0.1) is 0 Å². The minimum atomic E-state index is -0.459. The lowest BCUT2D eigenvalue weighted by atomic mass is 10.1. The molecule has 0 radical (unpaired) electrons. The smallest absolute Gasteiger partial charge is 0.228 e. The summed E-state index contributed by atoms with van der Waals surface area (Å²) in [5, 5.41) is 4.42. The second-order valence-corrected chi connectivity index (χ2v) is 6.68. The molecule has 116 valence electrons. The molecule has 0 saturated carbocycles. The minimum Gasteiger partial charge on any atom is -0.454 e. The number of aliphatic imine (C=N–C) groups is 1. The van der Waals surface area contributed by atoms with Gasteiger partial charge in [0.1, 0.15) is 5.76 Å². The molecule has 1 atom stereocenters. The molecule has 1 N–H and O–H groups in total. The van der Waals surface area contributed by atoms with Crippen LogP contribution in [-0.2, 0) is 22.4 Å². The Labute approximate surface area is 137 Å². The van der Waals surface area contributed by atoms with Crippen LogP contribution in [0.4, 0.5) is 5.69 Å². The Morgan fingerprint density at radius 3 is 2.83 bits per heavy atom. The first kappa shape index (κ1) is 14.3. The van der Waals surface area contributed by atoms with Crippen LogP contribution in [0, 0.1) is 0 Å². The number of amides is 1. The molecule has 23 heavy (non-hydrogen) atoms. The van der Waals surface area contributed by atoms with Crippen molar-refractivity contribution < 1.29 is 14.0 Å². The molecule has 5 nitrogen and oxygen atoms in total. The molecular weight excluding hydrogens is 312 g/mol. The van der Waals surface area contributed by atoms with Gasteiger partial charge in [0.2, 0.25) is 5.91 Å². The first-order chi connectivity index (χ1) is 11.2. The minimum absolute atomic E-state index is 0.0257. The van der Waals surface area contributed by atoms with Gasteiger partial charge in [0.25, 0.3) is 0 Å². The number of carbonyl (C=O) groups excluding carboxylic acids is 2. The number of para-hydroxylation sites is 1. The predicted octanol–water partition coefficient (Wildman–Crippen LogP) is 2.66. The third kappa shape index (κ3) is 2.94. The number of thioether (sulfide) groups is 1. The van der Waals surface area contributed by atoms with E-state index in [4.69, 9.17) is 4.42 Å². The molecule has 2 aromatic rings. The molecule has 1 amide bonds. The maximum Gasteiger partial charge on any atom is 0.228 e. The van der Waals surface area contributed by atoms with Crippen LogP contribution in [0.15, 0.2) is 50.9 Å². The zero-order valence-electron chi connectivity index (χ0n) is 12.2. The molecule has 3 heterocycles. The van der Waals surface area contributed by atoms with Crippen molar-refractivity contribution in [2.75, 3.05) is 0 Å². The van der Waals surface area contributed by atoms with Gasteiger partial charge in [-0.2, -0.15) is 0 Å². The standard InChI is InChI=1S/C17H14N2O3S/c20-14-9-15(21)18-13(14)8-11-5-6-17(22-11)23-16-7-10-3-1-2-4-12(10)19-16/h1-6,13H,7-9H2,(H,18,21). The molecule has 0 bridgehead atoms. The summed E-state index contributed by atoms with van der Waals surface area (Å²) in [6, 6.07) is 11.3. The van der Waals surface area contributed by atoms with Crippen LogP contribution in [0.3, 0.4) is 0 Å². The molecule has 1 saturated heterocycles. The quantitative estimate of drug-likeness (QED) is 0.880. The van der Waals surface area contributed by atoms with Gasteiger partial charge in [-0.1, -0.05) is 18.2 Å². The van der Waals surface area contributed by atoms with Crippen LogP contribution in [0.1, 0.15) is 17.7 Å². The fourth-order valence-corrected chi connectivity index (χ4v) is 3.67. The Balaban J connectivity index is 1.41. The van der Waals surface area contributed by atoms with Gasteiger partial charge in [-0.05, 0) is 35.5 Å². The molecule has 0 aliphatic carbocycles. The lowest BCUT2D eigenvalue weighted by Gasteiger charge is -2.05. The van der Waals surface area contributed by atoms with Gasteiger partial charge in [0.05, 0.1) is 23.2 Å². The van der Waals surface area contributed by atoms with Gasteiger partial charge in [-0.25, -0.2) is 4.99 Å². The van der Waals surface area contributed by atoms with Crippen molar-refractivity contribution >= 4 is 34.2 Å². The van der Waals surface area contributed by atoms with Crippen molar-refractivity contribution in [2.45, 2.75) is 30.4 Å². The number of nitrogens with one attached hydrogen (secondary N) is 1. The monoisotopic (exact) mass is 326 g/mol. The topological polar surface area (TPSA) is 71.7 Å². The number of hydrogen-bond donors (Lipinski definition) is 1. The van der Waals surface area contributed by atoms with Crippen molar-refractivity contribution in [2.24, 2.45) is 4.99 Å². The molecule has 1 aromatic carbocycles. The van der Waals surface area contributed by atoms with Crippen LogP contribution < -0.4 is 5.32 Å². The van der Waals surface area contributed by atoms with E-state index in [0.717, 1.165) is 22.2 Å². The van der Waals surface area contributed by atoms with E-state index in [0.29, 0.717) is 12.2 Å². The maximum absolute atomic E-state index is 11.7. The third-order valence-electron chi connectivity index (χ3n) is 3.90. The summed E-state index contributed by atoms with van der Waals surface area (Å²) in [6.45, 7) is 0. The Morgan fingerprint density at radius 1 is 1.17 bits per heavy atom. The second kappa shape index (κ2) is 5.70. The molecule has 4 rings (SSSR count). The summed E-state index contributed by atoms with van der Waals surface area (Å²) in [6.07, 6.45) is 1.19. The van der Waals surface area contributed by atoms with E-state index in [2.05, 4.69) is 16.4 Å². The van der Waals surface area contributed by atoms with Gasteiger partial charge in [0.15, 0.2) is 10.9 Å². The Kier molecular flexibility index (Phi) is 3.53. The normalized spacial score (nSPS) is 19.7. The van der Waals surface area contributed by atoms with Gasteiger partial charge in [0, 0.05) is 12.8 Å². The molecule has 2 aliphatic rings. The summed E-state index contributed by atoms with van der Waals surface area (Å²) in [5.41, 5.74) is 2.24. The molecule has 2 aliphatic heterocycles. The van der Waals surface area contributed by atoms with E-state index >= 15 is 0 Å². The number of benzene rings is 1. The van der Waals surface area contributed by atoms with Crippen molar-refractivity contribution in [3.63, 3.8) is 0 Å². The van der Waals surface area contributed by atoms with Crippen molar-refractivity contribution in [3.05, 3.63) is 47.7 Å². The van der Waals surface area contributed by atoms with Gasteiger partial charge in [-0.3, -0.25) is 9.59 Å². The number of rotatable bonds is 3. The SMILES string of the molecule is O=C1CC(=O)C(Cc2ccc(SC3=Nc4ccccc4C3)o2)N1. The molecule has 1 fully saturated rings. The lowest BCUT2D eigenvalue weighted by Crippen LogP contribution is -2.31. The predicted molar refractivity (Wildman–Crippen MR) is 87.1 cm³/mol. The second-order valence-electron chi connectivity index (χ2n) is 5.60. The lowest BCUT2D eigenvalue weighted by molar-refractivity contribution is -0.122. The van der Waals surface area contributed by atoms with E-state index in [9.17, 15) is 9.59 Å². The third-order valence-corrected chi connectivity index (χ3v) is 4.79. The Hall–Kier alpha value is -2.34. The molecule has 1 aromatic heterocycles. The number of fused-ring (bicyclic) bond motifs is 1. The van der Waals surface area contributed by atoms with Crippen LogP contribution in [0.2, 0.25) is 0 Å². The van der Waals surface area contributed by atoms with Crippen molar-refractivity contribution in [1.29, 1.82) is 0 Å². The maximum atomic E-state index is 11.7. The summed E-state index contributed by atoms with van der Waals surface area (Å²) < 4.78 is 5.77. The fraction of sp³-hybridized carbons (Fsp3) is 0.235. The highest BCUT2D eigenvalue weighted by molar-refractivity contribution is 8.13. The highest BCUT2D eigenvalue weighted by Gasteiger charge is 2.30. The number of hydrogen-bond acceptors (Lipinski definition) is 5. The van der Waals surface area contributed by atoms with E-state index in [1.807, 2.05) is 30.3 Å². The number of furan rings is 1. The highest BCUT2D eigenvalue weighted by atomic mass is 32.2. The van der Waals surface area contributed by atoms with Crippen LogP contribution in [-0.4, -0.2) is 22.8 Å². The highest BCUT2D eigenvalue weighted by Crippen LogP contribution is 2.33. The summed E-state index contributed by atoms with van der Waals surface area (Å²) in [7, 11) is 0. The van der Waals surface area contributed by atoms with Crippen LogP contribution in [0.25, 0.3) is 0 Å². The molecule has 1 unspecified atom stereocenters. The fourth-order valence-electron chi connectivity index (χ4n) is 2.78. The average Bonchev–Trinajstić information content (AvgIpc) is 3.19. The van der Waals surface area contributed by atoms with Gasteiger partial charge >= 0.3 is 0 Å². The zero-order chi connectivity index (χ0) is 15.8. The Morgan fingerprint density at radius 2 is 2.04 bits per heavy atom. The molecule has 0 spiro atoms. The largest absolute Gasteiger partial charge is 0.454 e. The first-order valence-corrected chi connectivity index (χ1v) is 8.23. The number of nitrogens with zero attached hydrogens (tertiary/aromatic N) is 1. The van der Waals surface area contributed by atoms with Crippen LogP contribution in [0.5, 0.6) is 0 Å². The molecular formula is C17H14N2O3S. The van der Waals surface area contributed by atoms with E-state index in [-0.39, 0.29) is 18.1 Å². The van der Waals surface area contributed by atoms with E-state index in [1.54, 1.807) is 0 Å². The average molecular weight is 326 g/mol. The summed E-state index contributed by atoms with van der Waals surface area (Å²) in [5.74, 6) is 0.416. The zero-order valence-corrected chi connectivity index (χ0v) is 13.1. The summed E-state index contributed by atoms with van der Waals surface area (Å²) >= 11 is 1.50. The van der Waals surface area contributed by atoms with Crippen LogP contribution >= 0.6 is 11.8 Å². The van der Waals surface area contributed by atoms with Crippen molar-refractivity contribution in [3.8, 4) is 0 Å². The summed E-state index contributed by atoms with van der Waals surface area (Å²) in [4.78, 5) is 27.5. The van der Waals surface area contributed by atoms with E-state index < -0.39 is 6.04 Å². The number of ketones is 1.